The van der Waals surface area contributed by atoms with E-state index in [-0.39, 0.29) is 19.2 Å². The lowest BCUT2D eigenvalue weighted by Gasteiger charge is -2.04. The Balaban J connectivity index is 1.70. The number of hydrogen-bond acceptors (Lipinski definition) is 4. The first-order valence-electron chi connectivity index (χ1n) is 7.00. The second kappa shape index (κ2) is 7.70. The van der Waals surface area contributed by atoms with Crippen LogP contribution in [-0.4, -0.2) is 19.2 Å². The van der Waals surface area contributed by atoms with E-state index in [9.17, 15) is 4.79 Å². The predicted molar refractivity (Wildman–Crippen MR) is 76.4 cm³/mol. The topological polar surface area (TPSA) is 48.7 Å². The van der Waals surface area contributed by atoms with Gasteiger partial charge in [-0.15, -0.1) is 0 Å². The quantitative estimate of drug-likeness (QED) is 0.545. The number of carbonyl (C=O) groups excluding carboxylic acids is 1. The Kier molecular flexibility index (Phi) is 5.62. The first-order chi connectivity index (χ1) is 9.79. The minimum atomic E-state index is -0.359. The molecule has 4 heteroatoms. The number of rotatable bonds is 8. The summed E-state index contributed by atoms with van der Waals surface area (Å²) < 4.78 is 15.9. The van der Waals surface area contributed by atoms with E-state index in [2.05, 4.69) is 6.92 Å². The zero-order chi connectivity index (χ0) is 14.2. The first kappa shape index (κ1) is 14.6. The van der Waals surface area contributed by atoms with Crippen molar-refractivity contribution in [2.75, 3.05) is 13.2 Å². The Labute approximate surface area is 118 Å². The van der Waals surface area contributed by atoms with E-state index in [1.54, 1.807) is 0 Å². The number of furan rings is 1. The minimum absolute atomic E-state index is 0.00391. The molecule has 4 nitrogen and oxygen atoms in total. The van der Waals surface area contributed by atoms with E-state index in [1.165, 1.54) is 0 Å². The highest BCUT2D eigenvalue weighted by Gasteiger charge is 2.07. The van der Waals surface area contributed by atoms with Crippen molar-refractivity contribution >= 4 is 16.9 Å². The fraction of sp³-hybridized carbons (Fsp3) is 0.438. The van der Waals surface area contributed by atoms with Gasteiger partial charge in [-0.25, -0.2) is 4.79 Å². The monoisotopic (exact) mass is 276 g/mol. The van der Waals surface area contributed by atoms with Crippen LogP contribution in [0.2, 0.25) is 0 Å². The highest BCUT2D eigenvalue weighted by atomic mass is 16.6. The Morgan fingerprint density at radius 2 is 2.10 bits per heavy atom. The maximum absolute atomic E-state index is 11.5. The van der Waals surface area contributed by atoms with E-state index >= 15 is 0 Å². The largest absolute Gasteiger partial charge is 0.457 e. The van der Waals surface area contributed by atoms with Gasteiger partial charge in [-0.05, 0) is 18.6 Å². The molecule has 0 atom stereocenters. The van der Waals surface area contributed by atoms with E-state index in [0.717, 1.165) is 30.2 Å². The molecule has 0 fully saturated rings. The van der Waals surface area contributed by atoms with Gasteiger partial charge in [0.25, 0.3) is 0 Å². The Morgan fingerprint density at radius 3 is 2.90 bits per heavy atom. The molecule has 0 unspecified atom stereocenters. The summed E-state index contributed by atoms with van der Waals surface area (Å²) in [5, 5.41) is 1.01. The smallest absolute Gasteiger partial charge is 0.332 e. The number of carbonyl (C=O) groups is 1. The molecule has 0 saturated carbocycles. The molecule has 2 rings (SSSR count). The Bertz CT molecular complexity index is 511. The number of benzene rings is 1. The van der Waals surface area contributed by atoms with Crippen molar-refractivity contribution in [3.63, 3.8) is 0 Å². The highest BCUT2D eigenvalue weighted by Crippen LogP contribution is 2.19. The van der Waals surface area contributed by atoms with Crippen molar-refractivity contribution in [1.82, 2.24) is 0 Å². The number of unbranched alkanes of at least 4 members (excludes halogenated alkanes) is 2. The van der Waals surface area contributed by atoms with Crippen LogP contribution in [0, 0.1) is 0 Å². The molecule has 0 aliphatic heterocycles. The molecule has 1 heterocycles. The van der Waals surface area contributed by atoms with Crippen molar-refractivity contribution < 1.29 is 18.7 Å². The first-order valence-corrected chi connectivity index (χ1v) is 7.00. The SMILES string of the molecule is CCCCCOCC(=O)OCc1cc2ccccc2o1. The van der Waals surface area contributed by atoms with E-state index in [0.29, 0.717) is 12.4 Å². The zero-order valence-corrected chi connectivity index (χ0v) is 11.8. The van der Waals surface area contributed by atoms with Gasteiger partial charge in [-0.2, -0.15) is 0 Å². The molecule has 0 aliphatic rings. The van der Waals surface area contributed by atoms with E-state index in [4.69, 9.17) is 13.9 Å². The van der Waals surface area contributed by atoms with Gasteiger partial charge in [0.1, 0.15) is 24.6 Å². The minimum Gasteiger partial charge on any atom is -0.457 e. The van der Waals surface area contributed by atoms with Gasteiger partial charge in [0.2, 0.25) is 0 Å². The van der Waals surface area contributed by atoms with Gasteiger partial charge < -0.3 is 13.9 Å². The molecule has 0 bridgehead atoms. The van der Waals surface area contributed by atoms with E-state index < -0.39 is 0 Å². The van der Waals surface area contributed by atoms with Crippen LogP contribution in [0.4, 0.5) is 0 Å². The van der Waals surface area contributed by atoms with Crippen LogP contribution in [0.3, 0.4) is 0 Å². The van der Waals surface area contributed by atoms with Gasteiger partial charge in [0, 0.05) is 12.0 Å². The molecule has 0 radical (unpaired) electrons. The third kappa shape index (κ3) is 4.38. The second-order valence-electron chi connectivity index (χ2n) is 4.67. The average molecular weight is 276 g/mol. The van der Waals surface area contributed by atoms with Crippen LogP contribution in [0.25, 0.3) is 11.0 Å². The standard InChI is InChI=1S/C16H20O4/c1-2-3-6-9-18-12-16(17)19-11-14-10-13-7-4-5-8-15(13)20-14/h4-5,7-8,10H,2-3,6,9,11-12H2,1H3. The maximum atomic E-state index is 11.5. The van der Waals surface area contributed by atoms with Gasteiger partial charge in [-0.3, -0.25) is 0 Å². The summed E-state index contributed by atoms with van der Waals surface area (Å²) in [6, 6.07) is 9.58. The lowest BCUT2D eigenvalue weighted by atomic mass is 10.2. The van der Waals surface area contributed by atoms with Crippen LogP contribution in [0.1, 0.15) is 31.9 Å². The zero-order valence-electron chi connectivity index (χ0n) is 11.8. The van der Waals surface area contributed by atoms with Crippen molar-refractivity contribution in [3.8, 4) is 0 Å². The predicted octanol–water partition coefficient (Wildman–Crippen LogP) is 3.68. The molecule has 0 amide bonds. The maximum Gasteiger partial charge on any atom is 0.332 e. The fourth-order valence-corrected chi connectivity index (χ4v) is 1.91. The average Bonchev–Trinajstić information content (AvgIpc) is 2.88. The van der Waals surface area contributed by atoms with Crippen LogP contribution in [0.5, 0.6) is 0 Å². The van der Waals surface area contributed by atoms with Gasteiger partial charge in [0.05, 0.1) is 0 Å². The van der Waals surface area contributed by atoms with Crippen molar-refractivity contribution in [1.29, 1.82) is 0 Å². The van der Waals surface area contributed by atoms with E-state index in [1.807, 2.05) is 30.3 Å². The van der Waals surface area contributed by atoms with Crippen molar-refractivity contribution in [3.05, 3.63) is 36.1 Å². The summed E-state index contributed by atoms with van der Waals surface area (Å²) in [5.41, 5.74) is 0.800. The highest BCUT2D eigenvalue weighted by molar-refractivity contribution is 5.77. The molecule has 0 aliphatic carbocycles. The van der Waals surface area contributed by atoms with Gasteiger partial charge >= 0.3 is 5.97 Å². The fourth-order valence-electron chi connectivity index (χ4n) is 1.91. The third-order valence-electron chi connectivity index (χ3n) is 2.96. The molecule has 1 aromatic carbocycles. The number of ether oxygens (including phenoxy) is 2. The lowest BCUT2D eigenvalue weighted by molar-refractivity contribution is -0.150. The summed E-state index contributed by atoms with van der Waals surface area (Å²) in [5.74, 6) is 0.285. The van der Waals surface area contributed by atoms with Gasteiger partial charge in [-0.1, -0.05) is 38.0 Å². The van der Waals surface area contributed by atoms with Crippen LogP contribution in [-0.2, 0) is 20.9 Å². The summed E-state index contributed by atoms with van der Waals surface area (Å²) in [6.45, 7) is 2.88. The number of esters is 1. The summed E-state index contributed by atoms with van der Waals surface area (Å²) in [6.07, 6.45) is 3.24. The molecular weight excluding hydrogens is 256 g/mol. The molecule has 0 N–H and O–H groups in total. The molecule has 2 aromatic rings. The number of hydrogen-bond donors (Lipinski definition) is 0. The van der Waals surface area contributed by atoms with Crippen LogP contribution < -0.4 is 0 Å². The van der Waals surface area contributed by atoms with Crippen molar-refractivity contribution in [2.24, 2.45) is 0 Å². The summed E-state index contributed by atoms with van der Waals surface area (Å²) in [7, 11) is 0. The summed E-state index contributed by atoms with van der Waals surface area (Å²) >= 11 is 0. The lowest BCUT2D eigenvalue weighted by Crippen LogP contribution is -2.12. The van der Waals surface area contributed by atoms with Crippen LogP contribution in [0.15, 0.2) is 34.7 Å². The molecular formula is C16H20O4. The molecule has 20 heavy (non-hydrogen) atoms. The van der Waals surface area contributed by atoms with Crippen molar-refractivity contribution in [2.45, 2.75) is 32.8 Å². The molecule has 1 aromatic heterocycles. The van der Waals surface area contributed by atoms with Crippen LogP contribution >= 0.6 is 0 Å². The number of para-hydroxylation sites is 1. The number of fused-ring (bicyclic) bond motifs is 1. The Morgan fingerprint density at radius 1 is 1.25 bits per heavy atom. The molecule has 0 saturated heterocycles. The summed E-state index contributed by atoms with van der Waals surface area (Å²) in [4.78, 5) is 11.5. The molecule has 108 valence electrons. The molecule has 0 spiro atoms. The normalized spacial score (nSPS) is 10.8. The Hall–Kier alpha value is -1.81. The third-order valence-corrected chi connectivity index (χ3v) is 2.96. The van der Waals surface area contributed by atoms with Gasteiger partial charge in [0.15, 0.2) is 0 Å². The second-order valence-corrected chi connectivity index (χ2v) is 4.67.